The minimum absolute atomic E-state index is 0.00974. The first-order valence-corrected chi connectivity index (χ1v) is 7.66. The number of aryl methyl sites for hydroxylation is 1. The van der Waals surface area contributed by atoms with Gasteiger partial charge in [-0.2, -0.15) is 22.6 Å². The highest BCUT2D eigenvalue weighted by Crippen LogP contribution is 2.30. The number of benzene rings is 1. The lowest BCUT2D eigenvalue weighted by atomic mass is 10.1. The fraction of sp³-hybridized carbons (Fsp3) is 0.308. The molecule has 0 spiro atoms. The molecule has 0 amide bonds. The Morgan fingerprint density at radius 3 is 2.55 bits per heavy atom. The van der Waals surface area contributed by atoms with Crippen LogP contribution in [0.2, 0.25) is 0 Å². The number of nitrogens with zero attached hydrogens (tertiary/aromatic N) is 3. The molecule has 0 unspecified atom stereocenters. The van der Waals surface area contributed by atoms with Gasteiger partial charge in [0.1, 0.15) is 4.90 Å². The second-order valence-electron chi connectivity index (χ2n) is 4.81. The van der Waals surface area contributed by atoms with Gasteiger partial charge in [-0.25, -0.2) is 8.42 Å². The molecule has 0 aliphatic carbocycles. The molecule has 5 nitrogen and oxygen atoms in total. The van der Waals surface area contributed by atoms with Crippen molar-refractivity contribution in [2.45, 2.75) is 17.6 Å². The Kier molecular flexibility index (Phi) is 4.30. The number of hydrogen-bond donors (Lipinski definition) is 0. The van der Waals surface area contributed by atoms with E-state index in [1.165, 1.54) is 36.3 Å². The van der Waals surface area contributed by atoms with E-state index in [4.69, 9.17) is 0 Å². The van der Waals surface area contributed by atoms with E-state index in [9.17, 15) is 21.6 Å². The zero-order valence-electron chi connectivity index (χ0n) is 11.9. The highest BCUT2D eigenvalue weighted by Gasteiger charge is 2.30. The highest BCUT2D eigenvalue weighted by atomic mass is 32.2. The number of rotatable bonds is 4. The molecule has 22 heavy (non-hydrogen) atoms. The Morgan fingerprint density at radius 1 is 1.32 bits per heavy atom. The molecule has 0 bridgehead atoms. The molecule has 0 atom stereocenters. The van der Waals surface area contributed by atoms with Crippen molar-refractivity contribution in [2.24, 2.45) is 7.05 Å². The zero-order chi connectivity index (χ0) is 16.5. The van der Waals surface area contributed by atoms with Gasteiger partial charge >= 0.3 is 6.18 Å². The zero-order valence-corrected chi connectivity index (χ0v) is 12.7. The van der Waals surface area contributed by atoms with Crippen molar-refractivity contribution in [3.8, 4) is 0 Å². The van der Waals surface area contributed by atoms with Gasteiger partial charge in [-0.1, -0.05) is 18.2 Å². The third-order valence-electron chi connectivity index (χ3n) is 3.05. The fourth-order valence-electron chi connectivity index (χ4n) is 1.90. The van der Waals surface area contributed by atoms with Crippen molar-refractivity contribution in [3.63, 3.8) is 0 Å². The number of alkyl halides is 3. The van der Waals surface area contributed by atoms with Crippen molar-refractivity contribution >= 4 is 10.0 Å². The third-order valence-corrected chi connectivity index (χ3v) is 4.81. The summed E-state index contributed by atoms with van der Waals surface area (Å²) >= 11 is 0. The smallest absolute Gasteiger partial charge is 0.274 e. The van der Waals surface area contributed by atoms with Crippen LogP contribution >= 0.6 is 0 Å². The minimum Gasteiger partial charge on any atom is -0.274 e. The Balaban J connectivity index is 2.24. The van der Waals surface area contributed by atoms with E-state index >= 15 is 0 Å². The molecule has 0 fully saturated rings. The molecule has 0 saturated carbocycles. The molecule has 9 heteroatoms. The molecule has 0 aliphatic rings. The van der Waals surface area contributed by atoms with E-state index in [0.717, 1.165) is 16.4 Å². The monoisotopic (exact) mass is 333 g/mol. The van der Waals surface area contributed by atoms with Crippen LogP contribution in [-0.4, -0.2) is 29.6 Å². The molecule has 2 rings (SSSR count). The summed E-state index contributed by atoms with van der Waals surface area (Å²) in [6.07, 6.45) is -1.94. The molecule has 1 aromatic heterocycles. The molecule has 0 radical (unpaired) electrons. The van der Waals surface area contributed by atoms with E-state index in [2.05, 4.69) is 5.10 Å². The summed E-state index contributed by atoms with van der Waals surface area (Å²) in [6.45, 7) is -0.166. The molecular formula is C13H14F3N3O2S. The fourth-order valence-corrected chi connectivity index (χ4v) is 3.05. The molecule has 1 heterocycles. The van der Waals surface area contributed by atoms with Gasteiger partial charge in [0.25, 0.3) is 0 Å². The maximum atomic E-state index is 12.7. The van der Waals surface area contributed by atoms with Crippen LogP contribution in [-0.2, 0) is 29.8 Å². The van der Waals surface area contributed by atoms with E-state index in [0.29, 0.717) is 0 Å². The van der Waals surface area contributed by atoms with Crippen LogP contribution in [0.3, 0.4) is 0 Å². The summed E-state index contributed by atoms with van der Waals surface area (Å²) in [6, 6.07) is 4.58. The van der Waals surface area contributed by atoms with E-state index < -0.39 is 21.8 Å². The molecule has 0 N–H and O–H groups in total. The molecule has 1 aromatic carbocycles. The quantitative estimate of drug-likeness (QED) is 0.862. The lowest BCUT2D eigenvalue weighted by molar-refractivity contribution is -0.137. The van der Waals surface area contributed by atoms with Crippen LogP contribution < -0.4 is 0 Å². The second-order valence-corrected chi connectivity index (χ2v) is 6.85. The summed E-state index contributed by atoms with van der Waals surface area (Å²) in [4.78, 5) is -0.00974. The van der Waals surface area contributed by atoms with Gasteiger partial charge in [0.2, 0.25) is 10.0 Å². The SMILES string of the molecule is CN(Cc1cccc(C(F)(F)F)c1)S(=O)(=O)c1cnn(C)c1. The molecule has 2 aromatic rings. The first-order chi connectivity index (χ1) is 10.1. The summed E-state index contributed by atoms with van der Waals surface area (Å²) < 4.78 is 64.9. The van der Waals surface area contributed by atoms with Crippen LogP contribution in [0.15, 0.2) is 41.6 Å². The Morgan fingerprint density at radius 2 is 2.00 bits per heavy atom. The maximum absolute atomic E-state index is 12.7. The van der Waals surface area contributed by atoms with Gasteiger partial charge in [0.15, 0.2) is 0 Å². The second kappa shape index (κ2) is 5.73. The normalized spacial score (nSPS) is 12.8. The van der Waals surface area contributed by atoms with Gasteiger partial charge in [0.05, 0.1) is 11.8 Å². The maximum Gasteiger partial charge on any atom is 0.416 e. The van der Waals surface area contributed by atoms with Crippen molar-refractivity contribution in [2.75, 3.05) is 7.05 Å². The predicted molar refractivity (Wildman–Crippen MR) is 73.3 cm³/mol. The van der Waals surface area contributed by atoms with Crippen LogP contribution in [0.5, 0.6) is 0 Å². The average molecular weight is 333 g/mol. The number of hydrogen-bond acceptors (Lipinski definition) is 3. The van der Waals surface area contributed by atoms with Crippen molar-refractivity contribution in [1.29, 1.82) is 0 Å². The molecule has 120 valence electrons. The third kappa shape index (κ3) is 3.47. The molecule has 0 saturated heterocycles. The minimum atomic E-state index is -4.46. The van der Waals surface area contributed by atoms with Crippen molar-refractivity contribution in [1.82, 2.24) is 14.1 Å². The van der Waals surface area contributed by atoms with E-state index in [-0.39, 0.29) is 17.0 Å². The predicted octanol–water partition coefficient (Wildman–Crippen LogP) is 2.26. The van der Waals surface area contributed by atoms with Crippen LogP contribution in [0.1, 0.15) is 11.1 Å². The van der Waals surface area contributed by atoms with Crippen molar-refractivity contribution < 1.29 is 21.6 Å². The van der Waals surface area contributed by atoms with Gasteiger partial charge < -0.3 is 0 Å². The largest absolute Gasteiger partial charge is 0.416 e. The van der Waals surface area contributed by atoms with E-state index in [1.54, 1.807) is 7.05 Å². The lowest BCUT2D eigenvalue weighted by Gasteiger charge is -2.17. The van der Waals surface area contributed by atoms with Gasteiger partial charge in [-0.15, -0.1) is 0 Å². The number of sulfonamides is 1. The van der Waals surface area contributed by atoms with Crippen LogP contribution in [0.4, 0.5) is 13.2 Å². The molecular weight excluding hydrogens is 319 g/mol. The summed E-state index contributed by atoms with van der Waals surface area (Å²) in [7, 11) is -0.913. The Hall–Kier alpha value is -1.87. The van der Waals surface area contributed by atoms with E-state index in [1.807, 2.05) is 0 Å². The topological polar surface area (TPSA) is 55.2 Å². The average Bonchev–Trinajstić information content (AvgIpc) is 2.85. The van der Waals surface area contributed by atoms with Gasteiger partial charge in [-0.05, 0) is 11.6 Å². The summed E-state index contributed by atoms with van der Waals surface area (Å²) in [5.74, 6) is 0. The van der Waals surface area contributed by atoms with Crippen LogP contribution in [0.25, 0.3) is 0 Å². The Labute approximate surface area is 126 Å². The number of aromatic nitrogens is 2. The first-order valence-electron chi connectivity index (χ1n) is 6.22. The van der Waals surface area contributed by atoms with Crippen molar-refractivity contribution in [3.05, 3.63) is 47.8 Å². The summed E-state index contributed by atoms with van der Waals surface area (Å²) in [5.41, 5.74) is -0.554. The standard InChI is InChI=1S/C13H14F3N3O2S/c1-18-9-12(7-17-18)22(20,21)19(2)8-10-4-3-5-11(6-10)13(14,15)16/h3-7,9H,8H2,1-2H3. The van der Waals surface area contributed by atoms with Crippen LogP contribution in [0, 0.1) is 0 Å². The number of halogens is 3. The molecule has 0 aliphatic heterocycles. The lowest BCUT2D eigenvalue weighted by Crippen LogP contribution is -2.26. The Bertz CT molecular complexity index is 769. The summed E-state index contributed by atoms with van der Waals surface area (Å²) in [5, 5.41) is 3.78. The first kappa shape index (κ1) is 16.5. The van der Waals surface area contributed by atoms with Gasteiger partial charge in [0, 0.05) is 26.8 Å². The highest BCUT2D eigenvalue weighted by molar-refractivity contribution is 7.89. The van der Waals surface area contributed by atoms with Gasteiger partial charge in [-0.3, -0.25) is 4.68 Å².